The van der Waals surface area contributed by atoms with E-state index in [1.807, 2.05) is 6.92 Å². The SMILES string of the molecule is CCO[C@H]1c2c(COC(N)=O)c3c(n2C[C@@H]1N)C(=O)C(C)=C(N)C3=O. The minimum Gasteiger partial charge on any atom is -0.445 e. The highest BCUT2D eigenvalue weighted by molar-refractivity contribution is 6.26. The molecule has 2 atom stereocenters. The topological polar surface area (TPSA) is 153 Å². The second-order valence-corrected chi connectivity index (χ2v) is 6.04. The summed E-state index contributed by atoms with van der Waals surface area (Å²) in [7, 11) is 0. The molecule has 0 fully saturated rings. The maximum atomic E-state index is 12.7. The summed E-state index contributed by atoms with van der Waals surface area (Å²) in [6, 6.07) is -0.390. The van der Waals surface area contributed by atoms with Crippen LogP contribution in [0.15, 0.2) is 11.3 Å². The Hall–Kier alpha value is -2.65. The summed E-state index contributed by atoms with van der Waals surface area (Å²) in [5.74, 6) is -0.816. The van der Waals surface area contributed by atoms with Gasteiger partial charge in [0.2, 0.25) is 11.6 Å². The van der Waals surface area contributed by atoms with Crippen molar-refractivity contribution in [1.82, 2.24) is 4.57 Å². The number of aromatic nitrogens is 1. The van der Waals surface area contributed by atoms with Gasteiger partial charge in [0.1, 0.15) is 18.4 Å². The van der Waals surface area contributed by atoms with Gasteiger partial charge in [-0.3, -0.25) is 9.59 Å². The van der Waals surface area contributed by atoms with E-state index in [1.54, 1.807) is 4.57 Å². The molecule has 9 nitrogen and oxygen atoms in total. The Labute approximate surface area is 143 Å². The van der Waals surface area contributed by atoms with Gasteiger partial charge < -0.3 is 31.2 Å². The number of carbonyl (C=O) groups is 3. The summed E-state index contributed by atoms with van der Waals surface area (Å²) >= 11 is 0. The summed E-state index contributed by atoms with van der Waals surface area (Å²) in [4.78, 5) is 36.5. The summed E-state index contributed by atoms with van der Waals surface area (Å²) in [5, 5.41) is 0. The predicted octanol–water partition coefficient (Wildman–Crippen LogP) is 0.114. The second kappa shape index (κ2) is 6.01. The molecule has 0 radical (unpaired) electrons. The molecule has 0 unspecified atom stereocenters. The third kappa shape index (κ3) is 2.43. The van der Waals surface area contributed by atoms with Gasteiger partial charge in [-0.1, -0.05) is 0 Å². The highest BCUT2D eigenvalue weighted by Gasteiger charge is 2.44. The number of nitrogens with zero attached hydrogens (tertiary/aromatic N) is 1. The van der Waals surface area contributed by atoms with Crippen LogP contribution >= 0.6 is 0 Å². The van der Waals surface area contributed by atoms with Crippen LogP contribution in [0.25, 0.3) is 0 Å². The van der Waals surface area contributed by atoms with E-state index >= 15 is 0 Å². The number of nitrogens with two attached hydrogens (primary N) is 3. The molecule has 1 aliphatic carbocycles. The zero-order valence-electron chi connectivity index (χ0n) is 14.0. The van der Waals surface area contributed by atoms with Crippen LogP contribution < -0.4 is 17.2 Å². The van der Waals surface area contributed by atoms with Gasteiger partial charge in [-0.05, 0) is 13.8 Å². The molecule has 2 heterocycles. The second-order valence-electron chi connectivity index (χ2n) is 6.04. The molecule has 6 N–H and O–H groups in total. The molecule has 1 aromatic rings. The lowest BCUT2D eigenvalue weighted by atomic mass is 9.89. The van der Waals surface area contributed by atoms with Gasteiger partial charge in [0, 0.05) is 24.3 Å². The lowest BCUT2D eigenvalue weighted by Crippen LogP contribution is -2.31. The van der Waals surface area contributed by atoms with Gasteiger partial charge in [0.05, 0.1) is 23.0 Å². The Morgan fingerprint density at radius 2 is 2.00 bits per heavy atom. The van der Waals surface area contributed by atoms with Crippen molar-refractivity contribution < 1.29 is 23.9 Å². The van der Waals surface area contributed by atoms with Crippen molar-refractivity contribution in [2.75, 3.05) is 6.61 Å². The fourth-order valence-corrected chi connectivity index (χ4v) is 3.47. The number of primary amides is 1. The molecule has 0 saturated carbocycles. The summed E-state index contributed by atoms with van der Waals surface area (Å²) in [6.07, 6.45) is -1.51. The smallest absolute Gasteiger partial charge is 0.404 e. The normalized spacial score (nSPS) is 22.2. The van der Waals surface area contributed by atoms with Crippen molar-refractivity contribution in [3.8, 4) is 0 Å². The molecule has 2 aliphatic rings. The van der Waals surface area contributed by atoms with E-state index in [4.69, 9.17) is 26.7 Å². The van der Waals surface area contributed by atoms with E-state index in [0.717, 1.165) is 0 Å². The van der Waals surface area contributed by atoms with Gasteiger partial charge >= 0.3 is 6.09 Å². The van der Waals surface area contributed by atoms with Crippen molar-refractivity contribution in [3.63, 3.8) is 0 Å². The first-order valence-corrected chi connectivity index (χ1v) is 7.89. The minimum absolute atomic E-state index is 0.112. The lowest BCUT2D eigenvalue weighted by molar-refractivity contribution is 0.0501. The fourth-order valence-electron chi connectivity index (χ4n) is 3.47. The molecule has 9 heteroatoms. The molecule has 25 heavy (non-hydrogen) atoms. The fraction of sp³-hybridized carbons (Fsp3) is 0.438. The number of hydrogen-bond acceptors (Lipinski definition) is 7. The van der Waals surface area contributed by atoms with Crippen LogP contribution in [0.5, 0.6) is 0 Å². The number of ether oxygens (including phenoxy) is 2. The van der Waals surface area contributed by atoms with Crippen molar-refractivity contribution in [2.45, 2.75) is 39.1 Å². The standard InChI is InChI=1S/C16H20N4O5/c1-3-24-15-8(17)4-20-11(15)7(5-25-16(19)23)9-12(20)13(21)6(2)10(18)14(9)22/h8,15H,3-5,17-18H2,1-2H3,(H2,19,23)/t8-,15+/m0/s1. The molecule has 1 aromatic heterocycles. The lowest BCUT2D eigenvalue weighted by Gasteiger charge is -2.19. The predicted molar refractivity (Wildman–Crippen MR) is 86.7 cm³/mol. The van der Waals surface area contributed by atoms with Gasteiger partial charge in [-0.25, -0.2) is 4.79 Å². The monoisotopic (exact) mass is 348 g/mol. The highest BCUT2D eigenvalue weighted by Crippen LogP contribution is 2.40. The van der Waals surface area contributed by atoms with Crippen molar-refractivity contribution >= 4 is 17.7 Å². The third-order valence-corrected chi connectivity index (χ3v) is 4.60. The number of amides is 1. The zero-order chi connectivity index (χ0) is 18.5. The quantitative estimate of drug-likeness (QED) is 0.698. The maximum absolute atomic E-state index is 12.7. The first-order chi connectivity index (χ1) is 11.8. The van der Waals surface area contributed by atoms with Crippen LogP contribution in [0.3, 0.4) is 0 Å². The number of allylic oxidation sites excluding steroid dienone is 2. The van der Waals surface area contributed by atoms with Crippen LogP contribution in [0.1, 0.15) is 52.1 Å². The Kier molecular flexibility index (Phi) is 4.13. The van der Waals surface area contributed by atoms with Crippen LogP contribution in [0.2, 0.25) is 0 Å². The Bertz CT molecular complexity index is 823. The summed E-state index contributed by atoms with van der Waals surface area (Å²) < 4.78 is 12.3. The number of Topliss-reactive ketones (excluding diaryl/α,β-unsaturated/α-hetero) is 2. The molecule has 0 aromatic carbocycles. The Morgan fingerprint density at radius 1 is 1.32 bits per heavy atom. The Balaban J connectivity index is 2.23. The number of rotatable bonds is 4. The van der Waals surface area contributed by atoms with E-state index in [9.17, 15) is 14.4 Å². The van der Waals surface area contributed by atoms with Crippen molar-refractivity contribution in [2.24, 2.45) is 17.2 Å². The number of ketones is 2. The van der Waals surface area contributed by atoms with Gasteiger partial charge in [-0.15, -0.1) is 0 Å². The van der Waals surface area contributed by atoms with Crippen LogP contribution in [-0.4, -0.2) is 34.9 Å². The van der Waals surface area contributed by atoms with E-state index < -0.39 is 18.0 Å². The molecule has 1 aliphatic heterocycles. The zero-order valence-corrected chi connectivity index (χ0v) is 14.0. The largest absolute Gasteiger partial charge is 0.445 e. The first-order valence-electron chi connectivity index (χ1n) is 7.89. The van der Waals surface area contributed by atoms with E-state index in [0.29, 0.717) is 24.4 Å². The number of hydrogen-bond donors (Lipinski definition) is 3. The van der Waals surface area contributed by atoms with Crippen molar-refractivity contribution in [1.29, 1.82) is 0 Å². The number of carbonyl (C=O) groups excluding carboxylic acids is 3. The van der Waals surface area contributed by atoms with E-state index in [-0.39, 0.29) is 41.0 Å². The average Bonchev–Trinajstić information content (AvgIpc) is 3.03. The van der Waals surface area contributed by atoms with Crippen molar-refractivity contribution in [3.05, 3.63) is 33.8 Å². The van der Waals surface area contributed by atoms with Crippen LogP contribution in [0, 0.1) is 0 Å². The van der Waals surface area contributed by atoms with Crippen LogP contribution in [0.4, 0.5) is 4.79 Å². The molecule has 0 bridgehead atoms. The minimum atomic E-state index is -0.988. The number of fused-ring (bicyclic) bond motifs is 3. The van der Waals surface area contributed by atoms with Crippen LogP contribution in [-0.2, 0) is 22.6 Å². The highest BCUT2D eigenvalue weighted by atomic mass is 16.5. The molecule has 0 saturated heterocycles. The molecular weight excluding hydrogens is 328 g/mol. The third-order valence-electron chi connectivity index (χ3n) is 4.60. The average molecular weight is 348 g/mol. The first kappa shape index (κ1) is 17.2. The molecule has 0 spiro atoms. The van der Waals surface area contributed by atoms with E-state index in [1.165, 1.54) is 6.92 Å². The van der Waals surface area contributed by atoms with E-state index in [2.05, 4.69) is 0 Å². The van der Waals surface area contributed by atoms with Gasteiger partial charge in [0.25, 0.3) is 0 Å². The molecule has 134 valence electrons. The Morgan fingerprint density at radius 3 is 2.60 bits per heavy atom. The molecule has 3 rings (SSSR count). The molecule has 1 amide bonds. The van der Waals surface area contributed by atoms with Gasteiger partial charge in [-0.2, -0.15) is 0 Å². The summed E-state index contributed by atoms with van der Waals surface area (Å²) in [5.41, 5.74) is 18.4. The van der Waals surface area contributed by atoms with Gasteiger partial charge in [0.15, 0.2) is 0 Å². The summed E-state index contributed by atoms with van der Waals surface area (Å²) in [6.45, 7) is 3.77. The molecular formula is C16H20N4O5. The maximum Gasteiger partial charge on any atom is 0.404 e.